The molecule has 1 atom stereocenters. The van der Waals surface area contributed by atoms with Crippen molar-refractivity contribution in [2.24, 2.45) is 17.6 Å². The molecule has 0 radical (unpaired) electrons. The van der Waals surface area contributed by atoms with E-state index in [0.717, 1.165) is 24.0 Å². The molecule has 0 saturated heterocycles. The first-order valence-electron chi connectivity index (χ1n) is 6.92. The molecule has 17 heavy (non-hydrogen) atoms. The van der Waals surface area contributed by atoms with Crippen LogP contribution in [0.5, 0.6) is 0 Å². The van der Waals surface area contributed by atoms with E-state index in [1.54, 1.807) is 0 Å². The molecule has 2 saturated carbocycles. The zero-order valence-electron chi connectivity index (χ0n) is 10.6. The molecule has 0 aromatic carbocycles. The Labute approximate surface area is 103 Å². The summed E-state index contributed by atoms with van der Waals surface area (Å²) in [6, 6.07) is 0.530. The van der Waals surface area contributed by atoms with Crippen molar-refractivity contribution in [2.45, 2.75) is 51.5 Å². The molecular weight excluding hydrogens is 212 g/mol. The van der Waals surface area contributed by atoms with Gasteiger partial charge in [0.1, 0.15) is 0 Å². The maximum atomic E-state index is 5.66. The summed E-state index contributed by atoms with van der Waals surface area (Å²) in [7, 11) is 0. The van der Waals surface area contributed by atoms with Crippen LogP contribution in [-0.4, -0.2) is 21.5 Å². The first kappa shape index (κ1) is 11.2. The Hall–Kier alpha value is -0.900. The van der Waals surface area contributed by atoms with Crippen molar-refractivity contribution < 1.29 is 0 Å². The summed E-state index contributed by atoms with van der Waals surface area (Å²) in [4.78, 5) is 0. The molecule has 4 heteroatoms. The summed E-state index contributed by atoms with van der Waals surface area (Å²) in [5, 5.41) is 8.74. The minimum Gasteiger partial charge on any atom is -0.330 e. The van der Waals surface area contributed by atoms with Gasteiger partial charge in [-0.1, -0.05) is 5.21 Å². The number of hydrogen-bond donors (Lipinski definition) is 1. The average molecular weight is 234 g/mol. The lowest BCUT2D eigenvalue weighted by Gasteiger charge is -2.14. The summed E-state index contributed by atoms with van der Waals surface area (Å²) in [5.74, 6) is 1.72. The molecule has 0 amide bonds. The highest BCUT2D eigenvalue weighted by atomic mass is 15.4. The van der Waals surface area contributed by atoms with E-state index in [2.05, 4.69) is 21.9 Å². The van der Waals surface area contributed by atoms with Gasteiger partial charge in [-0.3, -0.25) is 0 Å². The van der Waals surface area contributed by atoms with Crippen LogP contribution in [0.4, 0.5) is 0 Å². The van der Waals surface area contributed by atoms with Crippen molar-refractivity contribution in [3.8, 4) is 0 Å². The van der Waals surface area contributed by atoms with E-state index in [0.29, 0.717) is 12.6 Å². The molecule has 0 aliphatic heterocycles. The van der Waals surface area contributed by atoms with Crippen LogP contribution in [0.3, 0.4) is 0 Å². The quantitative estimate of drug-likeness (QED) is 0.815. The van der Waals surface area contributed by atoms with Crippen molar-refractivity contribution in [1.29, 1.82) is 0 Å². The fourth-order valence-corrected chi connectivity index (χ4v) is 2.59. The lowest BCUT2D eigenvalue weighted by molar-refractivity contribution is 0.412. The third-order valence-corrected chi connectivity index (χ3v) is 4.12. The van der Waals surface area contributed by atoms with Crippen LogP contribution in [0, 0.1) is 11.8 Å². The third-order valence-electron chi connectivity index (χ3n) is 4.12. The van der Waals surface area contributed by atoms with Crippen LogP contribution in [0.2, 0.25) is 0 Å². The van der Waals surface area contributed by atoms with Crippen molar-refractivity contribution in [3.63, 3.8) is 0 Å². The monoisotopic (exact) mass is 234 g/mol. The van der Waals surface area contributed by atoms with Gasteiger partial charge >= 0.3 is 0 Å². The third kappa shape index (κ3) is 2.37. The van der Waals surface area contributed by atoms with Gasteiger partial charge in [0.15, 0.2) is 0 Å². The van der Waals surface area contributed by atoms with E-state index < -0.39 is 0 Å². The van der Waals surface area contributed by atoms with E-state index in [9.17, 15) is 0 Å². The molecule has 4 nitrogen and oxygen atoms in total. The molecular formula is C13H22N4. The fraction of sp³-hybridized carbons (Fsp3) is 0.846. The SMILES string of the molecule is CC(C1CC1)n1nnc(CCN)c1CC1CC1. The molecule has 0 spiro atoms. The van der Waals surface area contributed by atoms with E-state index in [1.165, 1.54) is 37.8 Å². The Bertz CT molecular complexity index is 390. The van der Waals surface area contributed by atoms with Gasteiger partial charge in [-0.15, -0.1) is 5.10 Å². The number of hydrogen-bond acceptors (Lipinski definition) is 3. The second-order valence-corrected chi connectivity index (χ2v) is 5.69. The Balaban J connectivity index is 1.83. The molecule has 1 heterocycles. The van der Waals surface area contributed by atoms with E-state index in [-0.39, 0.29) is 0 Å². The van der Waals surface area contributed by atoms with Gasteiger partial charge in [0, 0.05) is 6.42 Å². The van der Waals surface area contributed by atoms with Crippen LogP contribution in [0.1, 0.15) is 50.0 Å². The number of rotatable bonds is 6. The normalized spacial score (nSPS) is 21.8. The minimum atomic E-state index is 0.530. The molecule has 0 bridgehead atoms. The van der Waals surface area contributed by atoms with Gasteiger partial charge < -0.3 is 5.73 Å². The highest BCUT2D eigenvalue weighted by Crippen LogP contribution is 2.41. The molecule has 1 unspecified atom stereocenters. The van der Waals surface area contributed by atoms with E-state index >= 15 is 0 Å². The van der Waals surface area contributed by atoms with Crippen molar-refractivity contribution in [3.05, 3.63) is 11.4 Å². The Morgan fingerprint density at radius 3 is 2.71 bits per heavy atom. The van der Waals surface area contributed by atoms with Gasteiger partial charge in [-0.05, 0) is 57.4 Å². The maximum Gasteiger partial charge on any atom is 0.0871 e. The van der Waals surface area contributed by atoms with E-state index in [1.807, 2.05) is 0 Å². The zero-order chi connectivity index (χ0) is 11.8. The van der Waals surface area contributed by atoms with Crippen molar-refractivity contribution >= 4 is 0 Å². The summed E-state index contributed by atoms with van der Waals surface area (Å²) in [5.41, 5.74) is 8.17. The van der Waals surface area contributed by atoms with Gasteiger partial charge in [-0.25, -0.2) is 4.68 Å². The molecule has 2 aliphatic carbocycles. The molecule has 2 aliphatic rings. The highest BCUT2D eigenvalue weighted by molar-refractivity contribution is 5.14. The Morgan fingerprint density at radius 1 is 1.35 bits per heavy atom. The summed E-state index contributed by atoms with van der Waals surface area (Å²) in [6.07, 6.45) is 7.52. The lowest BCUT2D eigenvalue weighted by atomic mass is 10.1. The standard InChI is InChI=1S/C13H22N4/c1-9(11-4-5-11)17-13(8-10-2-3-10)12(6-7-14)15-16-17/h9-11H,2-8,14H2,1H3. The summed E-state index contributed by atoms with van der Waals surface area (Å²) in [6.45, 7) is 2.96. The van der Waals surface area contributed by atoms with Crippen LogP contribution in [0.15, 0.2) is 0 Å². The first-order chi connectivity index (χ1) is 8.29. The van der Waals surface area contributed by atoms with Crippen LogP contribution >= 0.6 is 0 Å². The topological polar surface area (TPSA) is 56.7 Å². The maximum absolute atomic E-state index is 5.66. The second kappa shape index (κ2) is 4.41. The molecule has 3 rings (SSSR count). The van der Waals surface area contributed by atoms with Gasteiger partial charge in [0.25, 0.3) is 0 Å². The second-order valence-electron chi connectivity index (χ2n) is 5.69. The van der Waals surface area contributed by atoms with E-state index in [4.69, 9.17) is 5.73 Å². The molecule has 2 N–H and O–H groups in total. The van der Waals surface area contributed by atoms with Crippen LogP contribution < -0.4 is 5.73 Å². The first-order valence-corrected chi connectivity index (χ1v) is 6.92. The largest absolute Gasteiger partial charge is 0.330 e. The van der Waals surface area contributed by atoms with Crippen molar-refractivity contribution in [2.75, 3.05) is 6.54 Å². The lowest BCUT2D eigenvalue weighted by Crippen LogP contribution is -2.14. The summed E-state index contributed by atoms with van der Waals surface area (Å²) < 4.78 is 2.20. The van der Waals surface area contributed by atoms with Gasteiger partial charge in [0.2, 0.25) is 0 Å². The Morgan fingerprint density at radius 2 is 2.12 bits per heavy atom. The predicted molar refractivity (Wildman–Crippen MR) is 66.6 cm³/mol. The van der Waals surface area contributed by atoms with Crippen molar-refractivity contribution in [1.82, 2.24) is 15.0 Å². The number of nitrogens with two attached hydrogens (primary N) is 1. The smallest absolute Gasteiger partial charge is 0.0871 e. The van der Waals surface area contributed by atoms with Crippen LogP contribution in [-0.2, 0) is 12.8 Å². The van der Waals surface area contributed by atoms with Gasteiger partial charge in [-0.2, -0.15) is 0 Å². The zero-order valence-corrected chi connectivity index (χ0v) is 10.6. The predicted octanol–water partition coefficient (Wildman–Crippen LogP) is 1.70. The minimum absolute atomic E-state index is 0.530. The molecule has 94 valence electrons. The molecule has 1 aromatic rings. The van der Waals surface area contributed by atoms with Crippen LogP contribution in [0.25, 0.3) is 0 Å². The van der Waals surface area contributed by atoms with Gasteiger partial charge in [0.05, 0.1) is 17.4 Å². The highest BCUT2D eigenvalue weighted by Gasteiger charge is 2.33. The Kier molecular flexibility index (Phi) is 2.90. The fourth-order valence-electron chi connectivity index (χ4n) is 2.59. The molecule has 1 aromatic heterocycles. The number of nitrogens with zero attached hydrogens (tertiary/aromatic N) is 3. The number of aromatic nitrogens is 3. The molecule has 2 fully saturated rings. The summed E-state index contributed by atoms with van der Waals surface area (Å²) >= 11 is 0. The average Bonchev–Trinajstić information content (AvgIpc) is 3.20.